The summed E-state index contributed by atoms with van der Waals surface area (Å²) in [4.78, 5) is 14.1. The first-order valence-electron chi connectivity index (χ1n) is 6.12. The Labute approximate surface area is 139 Å². The van der Waals surface area contributed by atoms with Gasteiger partial charge in [0.05, 0.1) is 16.9 Å². The van der Waals surface area contributed by atoms with E-state index in [0.29, 0.717) is 10.2 Å². The van der Waals surface area contributed by atoms with Crippen molar-refractivity contribution in [3.8, 4) is 0 Å². The minimum atomic E-state index is -0.558. The topological polar surface area (TPSA) is 32.3 Å². The maximum atomic E-state index is 13.8. The van der Waals surface area contributed by atoms with Gasteiger partial charge in [-0.3, -0.25) is 4.79 Å². The van der Waals surface area contributed by atoms with Gasteiger partial charge in [0.2, 0.25) is 0 Å². The van der Waals surface area contributed by atoms with Crippen molar-refractivity contribution in [1.82, 2.24) is 0 Å². The Balaban J connectivity index is 2.35. The molecule has 0 saturated carbocycles. The molecule has 110 valence electrons. The lowest BCUT2D eigenvalue weighted by atomic mass is 10.2. The normalized spacial score (nSPS) is 10.3. The molecule has 1 N–H and O–H groups in total. The summed E-state index contributed by atoms with van der Waals surface area (Å²) in [5.41, 5.74) is 1.44. The number of nitrogens with one attached hydrogen (secondary N) is 1. The Bertz CT molecular complexity index is 689. The van der Waals surface area contributed by atoms with Crippen molar-refractivity contribution >= 4 is 49.1 Å². The maximum absolute atomic E-state index is 13.8. The molecule has 21 heavy (non-hydrogen) atoms. The van der Waals surface area contributed by atoms with Gasteiger partial charge >= 0.3 is 0 Å². The highest BCUT2D eigenvalue weighted by atomic mass is 79.9. The number of halogens is 3. The maximum Gasteiger partial charge on any atom is 0.258 e. The zero-order valence-corrected chi connectivity index (χ0v) is 14.6. The van der Waals surface area contributed by atoms with Crippen LogP contribution in [0.2, 0.25) is 0 Å². The first-order valence-corrected chi connectivity index (χ1v) is 7.70. The van der Waals surface area contributed by atoms with E-state index in [0.717, 1.165) is 10.2 Å². The van der Waals surface area contributed by atoms with Crippen LogP contribution >= 0.6 is 31.9 Å². The molecule has 0 bridgehead atoms. The standard InChI is InChI=1S/C15H13Br2FN2O/c1-20(2)14-6-4-10(17)8-13(14)19-15(21)11-7-9(16)3-5-12(11)18/h3-8H,1-2H3,(H,19,21). The zero-order valence-electron chi connectivity index (χ0n) is 11.5. The van der Waals surface area contributed by atoms with Crippen molar-refractivity contribution in [2.45, 2.75) is 0 Å². The average molecular weight is 416 g/mol. The molecule has 0 heterocycles. The van der Waals surface area contributed by atoms with Crippen LogP contribution in [0.1, 0.15) is 10.4 Å². The van der Waals surface area contributed by atoms with Crippen LogP contribution in [0.3, 0.4) is 0 Å². The molecule has 0 radical (unpaired) electrons. The third kappa shape index (κ3) is 3.83. The van der Waals surface area contributed by atoms with Crippen LogP contribution in [0.15, 0.2) is 45.3 Å². The monoisotopic (exact) mass is 414 g/mol. The van der Waals surface area contributed by atoms with E-state index in [4.69, 9.17) is 0 Å². The molecule has 6 heteroatoms. The van der Waals surface area contributed by atoms with E-state index in [1.165, 1.54) is 12.1 Å². The molecule has 0 saturated heterocycles. The summed E-state index contributed by atoms with van der Waals surface area (Å²) in [5, 5.41) is 2.75. The van der Waals surface area contributed by atoms with Crippen LogP contribution in [0.5, 0.6) is 0 Å². The number of hydrogen-bond donors (Lipinski definition) is 1. The molecule has 0 fully saturated rings. The smallest absolute Gasteiger partial charge is 0.258 e. The van der Waals surface area contributed by atoms with Gasteiger partial charge in [-0.1, -0.05) is 31.9 Å². The van der Waals surface area contributed by atoms with Crippen LogP contribution < -0.4 is 10.2 Å². The van der Waals surface area contributed by atoms with Crippen LogP contribution in [0, 0.1) is 5.82 Å². The Morgan fingerprint density at radius 3 is 2.38 bits per heavy atom. The van der Waals surface area contributed by atoms with E-state index in [1.54, 1.807) is 12.1 Å². The number of carbonyl (C=O) groups excluding carboxylic acids is 1. The van der Waals surface area contributed by atoms with Crippen LogP contribution in [-0.4, -0.2) is 20.0 Å². The zero-order chi connectivity index (χ0) is 15.6. The second-order valence-electron chi connectivity index (χ2n) is 4.63. The van der Waals surface area contributed by atoms with Crippen LogP contribution in [0.25, 0.3) is 0 Å². The number of rotatable bonds is 3. The molecule has 2 rings (SSSR count). The molecule has 0 aliphatic heterocycles. The molecular weight excluding hydrogens is 403 g/mol. The van der Waals surface area contributed by atoms with Crippen molar-refractivity contribution in [1.29, 1.82) is 0 Å². The average Bonchev–Trinajstić information content (AvgIpc) is 2.41. The molecule has 0 aliphatic carbocycles. The summed E-state index contributed by atoms with van der Waals surface area (Å²) in [6.07, 6.45) is 0. The third-order valence-electron chi connectivity index (χ3n) is 2.86. The summed E-state index contributed by atoms with van der Waals surface area (Å²) in [5.74, 6) is -1.05. The van der Waals surface area contributed by atoms with Gasteiger partial charge in [0.15, 0.2) is 0 Å². The number of benzene rings is 2. The largest absolute Gasteiger partial charge is 0.376 e. The minimum Gasteiger partial charge on any atom is -0.376 e. The lowest BCUT2D eigenvalue weighted by molar-refractivity contribution is 0.102. The fraction of sp³-hybridized carbons (Fsp3) is 0.133. The number of carbonyl (C=O) groups is 1. The highest BCUT2D eigenvalue weighted by Gasteiger charge is 2.15. The minimum absolute atomic E-state index is 0.00550. The predicted octanol–water partition coefficient (Wildman–Crippen LogP) is 4.67. The van der Waals surface area contributed by atoms with Gasteiger partial charge in [-0.2, -0.15) is 0 Å². The predicted molar refractivity (Wildman–Crippen MR) is 90.5 cm³/mol. The molecule has 0 aliphatic rings. The summed E-state index contributed by atoms with van der Waals surface area (Å²) in [6.45, 7) is 0. The lowest BCUT2D eigenvalue weighted by Gasteiger charge is -2.18. The molecule has 0 aromatic heterocycles. The molecule has 0 spiro atoms. The summed E-state index contributed by atoms with van der Waals surface area (Å²) in [7, 11) is 3.75. The van der Waals surface area contributed by atoms with Crippen molar-refractivity contribution in [2.75, 3.05) is 24.3 Å². The van der Waals surface area contributed by atoms with E-state index in [-0.39, 0.29) is 5.56 Å². The van der Waals surface area contributed by atoms with Crippen molar-refractivity contribution in [2.24, 2.45) is 0 Å². The molecule has 2 aromatic rings. The van der Waals surface area contributed by atoms with Gasteiger partial charge in [0, 0.05) is 23.0 Å². The number of hydrogen-bond acceptors (Lipinski definition) is 2. The van der Waals surface area contributed by atoms with Gasteiger partial charge in [0.1, 0.15) is 5.82 Å². The Hall–Kier alpha value is -1.40. The van der Waals surface area contributed by atoms with E-state index in [2.05, 4.69) is 37.2 Å². The van der Waals surface area contributed by atoms with E-state index in [1.807, 2.05) is 31.1 Å². The van der Waals surface area contributed by atoms with Crippen molar-refractivity contribution < 1.29 is 9.18 Å². The van der Waals surface area contributed by atoms with Gasteiger partial charge in [-0.15, -0.1) is 0 Å². The van der Waals surface area contributed by atoms with E-state index < -0.39 is 11.7 Å². The van der Waals surface area contributed by atoms with Crippen LogP contribution in [-0.2, 0) is 0 Å². The highest BCUT2D eigenvalue weighted by molar-refractivity contribution is 9.10. The van der Waals surface area contributed by atoms with Gasteiger partial charge in [-0.05, 0) is 36.4 Å². The second kappa shape index (κ2) is 6.58. The van der Waals surface area contributed by atoms with Gasteiger partial charge in [-0.25, -0.2) is 4.39 Å². The molecule has 0 unspecified atom stereocenters. The summed E-state index contributed by atoms with van der Waals surface area (Å²) < 4.78 is 15.2. The van der Waals surface area contributed by atoms with Crippen molar-refractivity contribution in [3.63, 3.8) is 0 Å². The first-order chi connectivity index (χ1) is 9.88. The molecule has 0 atom stereocenters. The fourth-order valence-corrected chi connectivity index (χ4v) is 2.58. The third-order valence-corrected chi connectivity index (χ3v) is 3.85. The van der Waals surface area contributed by atoms with E-state index in [9.17, 15) is 9.18 Å². The Morgan fingerprint density at radius 1 is 1.10 bits per heavy atom. The fourth-order valence-electron chi connectivity index (χ4n) is 1.86. The van der Waals surface area contributed by atoms with Crippen molar-refractivity contribution in [3.05, 3.63) is 56.7 Å². The number of anilines is 2. The molecule has 2 aromatic carbocycles. The summed E-state index contributed by atoms with van der Waals surface area (Å²) in [6, 6.07) is 9.80. The first kappa shape index (κ1) is 16.0. The van der Waals surface area contributed by atoms with Gasteiger partial charge in [0.25, 0.3) is 5.91 Å². The molecule has 1 amide bonds. The Morgan fingerprint density at radius 2 is 1.71 bits per heavy atom. The number of nitrogens with zero attached hydrogens (tertiary/aromatic N) is 1. The lowest BCUT2D eigenvalue weighted by Crippen LogP contribution is -2.17. The quantitative estimate of drug-likeness (QED) is 0.789. The summed E-state index contributed by atoms with van der Waals surface area (Å²) >= 11 is 6.60. The SMILES string of the molecule is CN(C)c1ccc(Br)cc1NC(=O)c1cc(Br)ccc1F. The van der Waals surface area contributed by atoms with Crippen LogP contribution in [0.4, 0.5) is 15.8 Å². The van der Waals surface area contributed by atoms with Gasteiger partial charge < -0.3 is 10.2 Å². The van der Waals surface area contributed by atoms with E-state index >= 15 is 0 Å². The Kier molecular flexibility index (Phi) is 5.00. The molecular formula is C15H13Br2FN2O. The highest BCUT2D eigenvalue weighted by Crippen LogP contribution is 2.29. The molecule has 3 nitrogen and oxygen atoms in total. The number of amides is 1. The second-order valence-corrected chi connectivity index (χ2v) is 6.47.